The number of nitrogens with zero attached hydrogens (tertiary/aromatic N) is 5. The summed E-state index contributed by atoms with van der Waals surface area (Å²) in [5, 5.41) is 2.22. The summed E-state index contributed by atoms with van der Waals surface area (Å²) in [6.45, 7) is 0. The van der Waals surface area contributed by atoms with Crippen molar-refractivity contribution in [3.05, 3.63) is 261 Å². The van der Waals surface area contributed by atoms with Crippen LogP contribution in [0.1, 0.15) is 0 Å². The Labute approximate surface area is 422 Å². The van der Waals surface area contributed by atoms with E-state index in [1.54, 1.807) is 0 Å². The van der Waals surface area contributed by atoms with E-state index in [9.17, 15) is 0 Å². The molecule has 3 aromatic heterocycles. The van der Waals surface area contributed by atoms with E-state index in [1.807, 2.05) is 42.5 Å². The lowest BCUT2D eigenvalue weighted by Gasteiger charge is -2.12. The quantitative estimate of drug-likeness (QED) is 0.136. The lowest BCUT2D eigenvalue weighted by Crippen LogP contribution is -2.00. The van der Waals surface area contributed by atoms with E-state index in [-0.39, 0.29) is 0 Å². The van der Waals surface area contributed by atoms with Crippen LogP contribution < -0.4 is 0 Å². The number of hydrogen-bond donors (Lipinski definition) is 0. The summed E-state index contributed by atoms with van der Waals surface area (Å²) < 4.78 is 6.40. The minimum absolute atomic E-state index is 0.588. The van der Waals surface area contributed by atoms with Crippen LogP contribution in [-0.4, -0.2) is 24.9 Å². The van der Waals surface area contributed by atoms with E-state index in [4.69, 9.17) is 29.3 Å². The maximum atomic E-state index is 6.40. The number of para-hydroxylation sites is 2. The van der Waals surface area contributed by atoms with Crippen LogP contribution in [0, 0.1) is 0 Å². The lowest BCUT2D eigenvalue weighted by molar-refractivity contribution is 0.670. The molecular formula is C67H43N5O. The second-order valence-corrected chi connectivity index (χ2v) is 18.0. The molecule has 0 saturated carbocycles. The van der Waals surface area contributed by atoms with Crippen LogP contribution in [0.3, 0.4) is 0 Å². The second-order valence-electron chi connectivity index (χ2n) is 18.0. The first kappa shape index (κ1) is 43.1. The Balaban J connectivity index is 0.857. The van der Waals surface area contributed by atoms with Gasteiger partial charge in [0.15, 0.2) is 23.3 Å². The van der Waals surface area contributed by atoms with Crippen molar-refractivity contribution < 1.29 is 4.42 Å². The van der Waals surface area contributed by atoms with Crippen molar-refractivity contribution in [1.82, 2.24) is 24.9 Å². The van der Waals surface area contributed by atoms with Crippen molar-refractivity contribution in [2.24, 2.45) is 0 Å². The van der Waals surface area contributed by atoms with Crippen LogP contribution in [0.25, 0.3) is 135 Å². The van der Waals surface area contributed by atoms with Gasteiger partial charge in [0.1, 0.15) is 11.2 Å². The third-order valence-electron chi connectivity index (χ3n) is 13.4. The monoisotopic (exact) mass is 933 g/mol. The van der Waals surface area contributed by atoms with Crippen molar-refractivity contribution in [3.63, 3.8) is 0 Å². The molecule has 73 heavy (non-hydrogen) atoms. The van der Waals surface area contributed by atoms with Crippen molar-refractivity contribution in [2.45, 2.75) is 0 Å². The Morgan fingerprint density at radius 1 is 0.219 bits per heavy atom. The maximum Gasteiger partial charge on any atom is 0.164 e. The maximum absolute atomic E-state index is 6.40. The Morgan fingerprint density at radius 3 is 1.19 bits per heavy atom. The minimum Gasteiger partial charge on any atom is -0.455 e. The van der Waals surface area contributed by atoms with Crippen LogP contribution in [-0.2, 0) is 0 Å². The third-order valence-corrected chi connectivity index (χ3v) is 13.4. The largest absolute Gasteiger partial charge is 0.455 e. The Morgan fingerprint density at radius 2 is 0.589 bits per heavy atom. The first-order chi connectivity index (χ1) is 36.1. The molecule has 13 rings (SSSR count). The predicted molar refractivity (Wildman–Crippen MR) is 297 cm³/mol. The Bertz CT molecular complexity index is 4000. The number of aromatic nitrogens is 5. The van der Waals surface area contributed by atoms with Gasteiger partial charge in [0.25, 0.3) is 0 Å². The van der Waals surface area contributed by atoms with Gasteiger partial charge in [-0.15, -0.1) is 0 Å². The molecule has 6 heteroatoms. The highest BCUT2D eigenvalue weighted by atomic mass is 16.3. The van der Waals surface area contributed by atoms with E-state index in [2.05, 4.69) is 218 Å². The first-order valence-corrected chi connectivity index (χ1v) is 24.4. The summed E-state index contributed by atoms with van der Waals surface area (Å²) in [6, 6.07) is 90.0. The first-order valence-electron chi connectivity index (χ1n) is 24.4. The van der Waals surface area contributed by atoms with Crippen molar-refractivity contribution in [1.29, 1.82) is 0 Å². The van der Waals surface area contributed by atoms with Crippen LogP contribution in [0.2, 0.25) is 0 Å². The number of hydrogen-bond acceptors (Lipinski definition) is 6. The zero-order valence-electron chi connectivity index (χ0n) is 39.5. The molecule has 0 N–H and O–H groups in total. The molecule has 6 nitrogen and oxygen atoms in total. The molecule has 0 unspecified atom stereocenters. The van der Waals surface area contributed by atoms with Gasteiger partial charge in [-0.3, -0.25) is 0 Å². The molecule has 0 bridgehead atoms. The van der Waals surface area contributed by atoms with Gasteiger partial charge in [0.05, 0.1) is 11.4 Å². The average molecular weight is 934 g/mol. The van der Waals surface area contributed by atoms with Gasteiger partial charge in [-0.25, -0.2) is 24.9 Å². The SMILES string of the molecule is c1ccc(-c2ccc(-c3nc(-c4ccc(-c5ccccc5)cc4)nc(-c4cccc(-c5cccc(-c6cc(-c7ccc(-c8cccc9c8oc8ccccc89)cc7)nc(-c7ccccc7)n6)c5)c4)n3)cc2)cc1. The van der Waals surface area contributed by atoms with Crippen LogP contribution in [0.5, 0.6) is 0 Å². The molecule has 0 spiro atoms. The summed E-state index contributed by atoms with van der Waals surface area (Å²) in [4.78, 5) is 25.7. The molecule has 0 aliphatic carbocycles. The standard InChI is InChI=1S/C67H43N5O/c1-4-15-44(16-5-1)46-29-37-51(38-30-46)65-70-66(52-39-31-47(32-40-52)45-17-6-2-7-18-45)72-67(71-65)56-24-13-22-54(42-56)53-21-12-23-55(41-53)61-43-60(68-64(69-61)50-19-8-3-9-20-50)49-35-33-48(34-36-49)57-26-14-27-59-58-25-10-11-28-62(58)73-63(57)59/h1-43H. The molecule has 0 amide bonds. The summed E-state index contributed by atoms with van der Waals surface area (Å²) in [5.74, 6) is 2.45. The molecule has 0 atom stereocenters. The Hall–Kier alpha value is -9.91. The molecule has 3 heterocycles. The smallest absolute Gasteiger partial charge is 0.164 e. The zero-order valence-corrected chi connectivity index (χ0v) is 39.5. The van der Waals surface area contributed by atoms with Crippen LogP contribution >= 0.6 is 0 Å². The predicted octanol–water partition coefficient (Wildman–Crippen LogP) is 17.2. The van der Waals surface area contributed by atoms with Crippen LogP contribution in [0.4, 0.5) is 0 Å². The summed E-state index contributed by atoms with van der Waals surface area (Å²) in [7, 11) is 0. The molecule has 0 fully saturated rings. The highest BCUT2D eigenvalue weighted by Gasteiger charge is 2.17. The molecule has 0 saturated heterocycles. The van der Waals surface area contributed by atoms with Gasteiger partial charge in [-0.1, -0.05) is 237 Å². The van der Waals surface area contributed by atoms with E-state index in [0.717, 1.165) is 111 Å². The zero-order chi connectivity index (χ0) is 48.5. The lowest BCUT2D eigenvalue weighted by atomic mass is 9.98. The summed E-state index contributed by atoms with van der Waals surface area (Å²) in [6.07, 6.45) is 0. The fourth-order valence-electron chi connectivity index (χ4n) is 9.60. The fourth-order valence-corrected chi connectivity index (χ4v) is 9.60. The van der Waals surface area contributed by atoms with Gasteiger partial charge in [0, 0.05) is 49.7 Å². The molecule has 0 radical (unpaired) electrons. The number of furan rings is 1. The van der Waals surface area contributed by atoms with Gasteiger partial charge >= 0.3 is 0 Å². The van der Waals surface area contributed by atoms with Crippen molar-refractivity contribution >= 4 is 21.9 Å². The van der Waals surface area contributed by atoms with Crippen molar-refractivity contribution in [2.75, 3.05) is 0 Å². The van der Waals surface area contributed by atoms with E-state index in [1.165, 1.54) is 0 Å². The molecule has 10 aromatic carbocycles. The number of fused-ring (bicyclic) bond motifs is 3. The molecule has 0 aliphatic heterocycles. The van der Waals surface area contributed by atoms with Gasteiger partial charge in [-0.2, -0.15) is 0 Å². The second kappa shape index (κ2) is 18.8. The van der Waals surface area contributed by atoms with E-state index < -0.39 is 0 Å². The topological polar surface area (TPSA) is 77.6 Å². The van der Waals surface area contributed by atoms with Gasteiger partial charge < -0.3 is 4.42 Å². The molecular weight excluding hydrogens is 891 g/mol. The van der Waals surface area contributed by atoms with Gasteiger partial charge in [0.2, 0.25) is 0 Å². The number of rotatable bonds is 10. The summed E-state index contributed by atoms with van der Waals surface area (Å²) in [5.41, 5.74) is 17.8. The molecule has 0 aliphatic rings. The minimum atomic E-state index is 0.588. The molecule has 342 valence electrons. The van der Waals surface area contributed by atoms with E-state index >= 15 is 0 Å². The average Bonchev–Trinajstić information content (AvgIpc) is 3.87. The third kappa shape index (κ3) is 8.64. The van der Waals surface area contributed by atoms with E-state index in [0.29, 0.717) is 23.3 Å². The van der Waals surface area contributed by atoms with Gasteiger partial charge in [-0.05, 0) is 63.2 Å². The highest BCUT2D eigenvalue weighted by Crippen LogP contribution is 2.38. The summed E-state index contributed by atoms with van der Waals surface area (Å²) >= 11 is 0. The molecule has 13 aromatic rings. The number of benzene rings is 10. The highest BCUT2D eigenvalue weighted by molar-refractivity contribution is 6.09. The fraction of sp³-hybridized carbons (Fsp3) is 0. The normalized spacial score (nSPS) is 11.3. The van der Waals surface area contributed by atoms with Crippen LogP contribution in [0.15, 0.2) is 265 Å². The van der Waals surface area contributed by atoms with Crippen molar-refractivity contribution in [3.8, 4) is 113 Å². The Kier molecular flexibility index (Phi) is 11.1.